The molecule has 0 radical (unpaired) electrons. The van der Waals surface area contributed by atoms with Crippen LogP contribution in [0.1, 0.15) is 27.5 Å². The Labute approximate surface area is 159 Å². The van der Waals surface area contributed by atoms with Gasteiger partial charge in [0.25, 0.3) is 5.91 Å². The maximum atomic E-state index is 12.6. The van der Waals surface area contributed by atoms with Gasteiger partial charge < -0.3 is 10.2 Å². The van der Waals surface area contributed by atoms with Crippen molar-refractivity contribution in [2.45, 2.75) is 19.4 Å². The van der Waals surface area contributed by atoms with Crippen molar-refractivity contribution in [2.75, 3.05) is 13.1 Å². The highest BCUT2D eigenvalue weighted by molar-refractivity contribution is 7.18. The van der Waals surface area contributed by atoms with E-state index in [4.69, 9.17) is 0 Å². The topological polar surface area (TPSA) is 62.3 Å². The fourth-order valence-electron chi connectivity index (χ4n) is 3.23. The van der Waals surface area contributed by atoms with Gasteiger partial charge in [-0.15, -0.1) is 22.7 Å². The van der Waals surface area contributed by atoms with Gasteiger partial charge in [0, 0.05) is 13.1 Å². The predicted molar refractivity (Wildman–Crippen MR) is 104 cm³/mol. The van der Waals surface area contributed by atoms with E-state index in [0.29, 0.717) is 13.1 Å². The molecule has 2 amide bonds. The molecule has 2 aromatic heterocycles. The summed E-state index contributed by atoms with van der Waals surface area (Å²) in [6.07, 6.45) is 1.68. The first-order valence-corrected chi connectivity index (χ1v) is 10.4. The van der Waals surface area contributed by atoms with Crippen molar-refractivity contribution in [3.8, 4) is 0 Å². The Morgan fingerprint density at radius 3 is 2.92 bits per heavy atom. The molecule has 0 saturated carbocycles. The van der Waals surface area contributed by atoms with E-state index in [2.05, 4.69) is 10.3 Å². The Balaban J connectivity index is 1.36. The summed E-state index contributed by atoms with van der Waals surface area (Å²) in [5.41, 5.74) is 0.965. The van der Waals surface area contributed by atoms with Crippen molar-refractivity contribution in [3.63, 3.8) is 0 Å². The van der Waals surface area contributed by atoms with Crippen LogP contribution in [-0.4, -0.2) is 34.8 Å². The molecule has 26 heavy (non-hydrogen) atoms. The Kier molecular flexibility index (Phi) is 4.99. The number of aromatic nitrogens is 1. The summed E-state index contributed by atoms with van der Waals surface area (Å²) in [5.74, 6) is -0.112. The second-order valence-electron chi connectivity index (χ2n) is 6.36. The number of para-hydroxylation sites is 1. The third kappa shape index (κ3) is 3.64. The average molecular weight is 386 g/mol. The molecule has 1 N–H and O–H groups in total. The lowest BCUT2D eigenvalue weighted by Crippen LogP contribution is -2.45. The maximum Gasteiger partial charge on any atom is 0.263 e. The number of thiazole rings is 1. The van der Waals surface area contributed by atoms with Gasteiger partial charge in [0.1, 0.15) is 5.01 Å². The minimum atomic E-state index is -0.151. The molecule has 3 heterocycles. The fourth-order valence-corrected chi connectivity index (χ4v) is 4.83. The number of hydrogen-bond acceptors (Lipinski definition) is 5. The summed E-state index contributed by atoms with van der Waals surface area (Å²) >= 11 is 3.05. The van der Waals surface area contributed by atoms with Crippen LogP contribution in [0.15, 0.2) is 41.8 Å². The molecule has 1 aliphatic rings. The van der Waals surface area contributed by atoms with Crippen LogP contribution in [0.5, 0.6) is 0 Å². The molecule has 1 aromatic carbocycles. The number of nitrogens with one attached hydrogen (secondary N) is 1. The number of piperidine rings is 1. The van der Waals surface area contributed by atoms with Crippen LogP contribution in [0.3, 0.4) is 0 Å². The molecule has 1 atom stereocenters. The van der Waals surface area contributed by atoms with Crippen LogP contribution in [0, 0.1) is 5.92 Å². The smallest absolute Gasteiger partial charge is 0.263 e. The lowest BCUT2D eigenvalue weighted by molar-refractivity contribution is -0.126. The number of carbonyl (C=O) groups excluding carboxylic acids is 2. The first-order chi connectivity index (χ1) is 12.7. The average Bonchev–Trinajstić information content (AvgIpc) is 3.35. The molecule has 1 aliphatic heterocycles. The lowest BCUT2D eigenvalue weighted by atomic mass is 9.97. The number of rotatable bonds is 4. The van der Waals surface area contributed by atoms with Gasteiger partial charge in [-0.2, -0.15) is 0 Å². The minimum Gasteiger partial charge on any atom is -0.349 e. The molecule has 3 aromatic rings. The van der Waals surface area contributed by atoms with Crippen LogP contribution in [-0.2, 0) is 11.3 Å². The number of carbonyl (C=O) groups is 2. The molecule has 7 heteroatoms. The molecule has 1 saturated heterocycles. The fraction of sp³-hybridized carbons (Fsp3) is 0.316. The van der Waals surface area contributed by atoms with Gasteiger partial charge in [-0.1, -0.05) is 18.2 Å². The number of amides is 2. The molecule has 4 rings (SSSR count). The predicted octanol–water partition coefficient (Wildman–Crippen LogP) is 3.53. The summed E-state index contributed by atoms with van der Waals surface area (Å²) in [7, 11) is 0. The molecule has 0 aliphatic carbocycles. The summed E-state index contributed by atoms with van der Waals surface area (Å²) in [6.45, 7) is 1.65. The summed E-state index contributed by atoms with van der Waals surface area (Å²) < 4.78 is 1.13. The molecule has 0 bridgehead atoms. The zero-order valence-corrected chi connectivity index (χ0v) is 15.8. The zero-order chi connectivity index (χ0) is 17.9. The summed E-state index contributed by atoms with van der Waals surface area (Å²) in [5, 5.41) is 5.80. The lowest BCUT2D eigenvalue weighted by Gasteiger charge is -2.31. The molecular weight excluding hydrogens is 366 g/mol. The summed E-state index contributed by atoms with van der Waals surface area (Å²) in [4.78, 5) is 32.2. The first-order valence-electron chi connectivity index (χ1n) is 8.65. The third-order valence-electron chi connectivity index (χ3n) is 4.56. The van der Waals surface area contributed by atoms with E-state index in [-0.39, 0.29) is 17.7 Å². The van der Waals surface area contributed by atoms with Gasteiger partial charge in [0.15, 0.2) is 0 Å². The monoisotopic (exact) mass is 385 g/mol. The second kappa shape index (κ2) is 7.55. The largest absolute Gasteiger partial charge is 0.349 e. The maximum absolute atomic E-state index is 12.6. The van der Waals surface area contributed by atoms with Crippen LogP contribution in [0.2, 0.25) is 0 Å². The number of benzene rings is 1. The summed E-state index contributed by atoms with van der Waals surface area (Å²) in [6, 6.07) is 11.7. The Morgan fingerprint density at radius 1 is 1.23 bits per heavy atom. The van der Waals surface area contributed by atoms with Crippen molar-refractivity contribution >= 4 is 44.7 Å². The Hall–Kier alpha value is -2.25. The highest BCUT2D eigenvalue weighted by atomic mass is 32.1. The van der Waals surface area contributed by atoms with Crippen molar-refractivity contribution in [1.29, 1.82) is 0 Å². The van der Waals surface area contributed by atoms with Gasteiger partial charge in [-0.25, -0.2) is 4.98 Å². The van der Waals surface area contributed by atoms with Gasteiger partial charge >= 0.3 is 0 Å². The van der Waals surface area contributed by atoms with Gasteiger partial charge in [0.2, 0.25) is 5.91 Å². The van der Waals surface area contributed by atoms with Gasteiger partial charge in [0.05, 0.1) is 27.6 Å². The van der Waals surface area contributed by atoms with Gasteiger partial charge in [-0.3, -0.25) is 9.59 Å². The molecule has 1 fully saturated rings. The number of likely N-dealkylation sites (tertiary alicyclic amines) is 1. The van der Waals surface area contributed by atoms with Gasteiger partial charge in [-0.05, 0) is 36.4 Å². The number of hydrogen-bond donors (Lipinski definition) is 1. The highest BCUT2D eigenvalue weighted by Crippen LogP contribution is 2.23. The highest BCUT2D eigenvalue weighted by Gasteiger charge is 2.29. The van der Waals surface area contributed by atoms with Crippen molar-refractivity contribution < 1.29 is 9.59 Å². The Bertz CT molecular complexity index is 887. The minimum absolute atomic E-state index is 0.00735. The molecular formula is C19H19N3O2S2. The van der Waals surface area contributed by atoms with E-state index in [9.17, 15) is 9.59 Å². The van der Waals surface area contributed by atoms with Crippen molar-refractivity contribution in [2.24, 2.45) is 5.92 Å². The van der Waals surface area contributed by atoms with Crippen molar-refractivity contribution in [3.05, 3.63) is 51.7 Å². The second-order valence-corrected chi connectivity index (χ2v) is 8.42. The Morgan fingerprint density at radius 2 is 2.12 bits per heavy atom. The number of thiophene rings is 1. The van der Waals surface area contributed by atoms with E-state index >= 15 is 0 Å². The normalized spacial score (nSPS) is 17.4. The van der Waals surface area contributed by atoms with E-state index in [1.807, 2.05) is 41.8 Å². The zero-order valence-electron chi connectivity index (χ0n) is 14.2. The number of nitrogens with zero attached hydrogens (tertiary/aromatic N) is 2. The third-order valence-corrected chi connectivity index (χ3v) is 6.46. The van der Waals surface area contributed by atoms with E-state index < -0.39 is 0 Å². The van der Waals surface area contributed by atoms with Crippen LogP contribution in [0.4, 0.5) is 0 Å². The van der Waals surface area contributed by atoms with E-state index in [1.165, 1.54) is 11.3 Å². The molecule has 0 spiro atoms. The van der Waals surface area contributed by atoms with E-state index in [1.54, 1.807) is 16.2 Å². The standard InChI is InChI=1S/C19H19N3O2S2/c23-18(20-11-17-21-14-6-1-2-7-15(14)26-17)13-5-3-9-22(12-13)19(24)16-8-4-10-25-16/h1-2,4,6-8,10,13H,3,5,9,11-12H2,(H,20,23)/t13-/m1/s1. The number of fused-ring (bicyclic) bond motifs is 1. The van der Waals surface area contributed by atoms with Crippen LogP contribution < -0.4 is 5.32 Å². The van der Waals surface area contributed by atoms with Crippen LogP contribution >= 0.6 is 22.7 Å². The van der Waals surface area contributed by atoms with Crippen LogP contribution in [0.25, 0.3) is 10.2 Å². The first kappa shape index (κ1) is 17.2. The molecule has 134 valence electrons. The van der Waals surface area contributed by atoms with E-state index in [0.717, 1.165) is 39.5 Å². The molecule has 5 nitrogen and oxygen atoms in total. The quantitative estimate of drug-likeness (QED) is 0.747. The molecule has 0 unspecified atom stereocenters. The van der Waals surface area contributed by atoms with Crippen molar-refractivity contribution in [1.82, 2.24) is 15.2 Å². The SMILES string of the molecule is O=C(NCc1nc2ccccc2s1)[C@@H]1CCCN(C(=O)c2cccs2)C1.